The Morgan fingerprint density at radius 2 is 1.85 bits per heavy atom. The van der Waals surface area contributed by atoms with Gasteiger partial charge in [-0.3, -0.25) is 0 Å². The van der Waals surface area contributed by atoms with Gasteiger partial charge in [0.15, 0.2) is 0 Å². The lowest BCUT2D eigenvalue weighted by Gasteiger charge is -2.07. The number of amides is 1. The first-order valence-corrected chi connectivity index (χ1v) is 8.72. The molecule has 0 bridgehead atoms. The number of aromatic carboxylic acids is 1. The Labute approximate surface area is 158 Å². The Hall–Kier alpha value is -3.39. The summed E-state index contributed by atoms with van der Waals surface area (Å²) in [7, 11) is 0. The zero-order valence-corrected chi connectivity index (χ0v) is 15.1. The fourth-order valence-corrected chi connectivity index (χ4v) is 3.62. The third-order valence-corrected chi connectivity index (χ3v) is 5.05. The van der Waals surface area contributed by atoms with Crippen molar-refractivity contribution in [2.45, 2.75) is 13.5 Å². The fraction of sp³-hybridized carbons (Fsp3) is 0.105. The number of hydrogen-bond donors (Lipinski definition) is 3. The van der Waals surface area contributed by atoms with E-state index in [1.54, 1.807) is 6.07 Å². The van der Waals surface area contributed by atoms with Crippen molar-refractivity contribution >= 4 is 23.4 Å². The Bertz CT molecular complexity index is 1030. The number of nitrogens with zero attached hydrogens (tertiary/aromatic N) is 1. The van der Waals surface area contributed by atoms with Crippen LogP contribution in [0.1, 0.15) is 21.1 Å². The molecule has 3 aromatic rings. The van der Waals surface area contributed by atoms with Crippen LogP contribution in [0.3, 0.4) is 0 Å². The number of hydrogen-bond acceptors (Lipinski definition) is 6. The Morgan fingerprint density at radius 3 is 2.52 bits per heavy atom. The lowest BCUT2D eigenvalue weighted by Crippen LogP contribution is -2.12. The van der Waals surface area contributed by atoms with Crippen molar-refractivity contribution in [1.29, 1.82) is 0 Å². The number of aromatic hydroxyl groups is 1. The van der Waals surface area contributed by atoms with Crippen LogP contribution < -0.4 is 5.73 Å². The summed E-state index contributed by atoms with van der Waals surface area (Å²) in [5.41, 5.74) is 8.06. The number of thiazole rings is 1. The summed E-state index contributed by atoms with van der Waals surface area (Å²) in [6, 6.07) is 12.0. The molecule has 2 aromatic carbocycles. The number of aromatic nitrogens is 1. The SMILES string of the molecule is Cc1nc(COC(N)=O)sc1-c1cccc(-c2ccc(C(=O)O)c(O)c2)c1. The second kappa shape index (κ2) is 7.46. The van der Waals surface area contributed by atoms with Crippen molar-refractivity contribution in [3.63, 3.8) is 0 Å². The van der Waals surface area contributed by atoms with Gasteiger partial charge in [0.05, 0.1) is 10.6 Å². The zero-order chi connectivity index (χ0) is 19.6. The number of phenols is 1. The van der Waals surface area contributed by atoms with Crippen molar-refractivity contribution in [2.75, 3.05) is 0 Å². The smallest absolute Gasteiger partial charge is 0.404 e. The number of ether oxygens (including phenoxy) is 1. The standard InChI is InChI=1S/C19H16N2O5S/c1-10-17(27-16(21-10)9-26-19(20)25)13-4-2-3-11(7-13)12-5-6-14(18(23)24)15(22)8-12/h2-8,22H,9H2,1H3,(H2,20,25)(H,23,24). The van der Waals surface area contributed by atoms with Crippen LogP contribution in [0.5, 0.6) is 5.75 Å². The summed E-state index contributed by atoms with van der Waals surface area (Å²) in [5, 5.41) is 19.6. The summed E-state index contributed by atoms with van der Waals surface area (Å²) in [4.78, 5) is 27.1. The quantitative estimate of drug-likeness (QED) is 0.615. The van der Waals surface area contributed by atoms with Gasteiger partial charge in [0, 0.05) is 0 Å². The highest BCUT2D eigenvalue weighted by atomic mass is 32.1. The largest absolute Gasteiger partial charge is 0.507 e. The van der Waals surface area contributed by atoms with Gasteiger partial charge in [0.25, 0.3) is 0 Å². The van der Waals surface area contributed by atoms with E-state index in [0.29, 0.717) is 10.6 Å². The van der Waals surface area contributed by atoms with Crippen LogP contribution in [0.2, 0.25) is 0 Å². The second-order valence-corrected chi connectivity index (χ2v) is 6.83. The predicted octanol–water partition coefficient (Wildman–Crippen LogP) is 3.78. The number of aryl methyl sites for hydroxylation is 1. The fourth-order valence-electron chi connectivity index (χ4n) is 2.65. The van der Waals surface area contributed by atoms with Crippen LogP contribution in [0.4, 0.5) is 4.79 Å². The van der Waals surface area contributed by atoms with Crippen LogP contribution in [-0.2, 0) is 11.3 Å². The van der Waals surface area contributed by atoms with Crippen molar-refractivity contribution in [3.05, 3.63) is 58.7 Å². The number of rotatable bonds is 5. The molecule has 0 atom stereocenters. The third-order valence-electron chi connectivity index (χ3n) is 3.87. The van der Waals surface area contributed by atoms with E-state index in [1.807, 2.05) is 31.2 Å². The van der Waals surface area contributed by atoms with Gasteiger partial charge < -0.3 is 20.7 Å². The summed E-state index contributed by atoms with van der Waals surface area (Å²) >= 11 is 1.40. The number of primary amides is 1. The monoisotopic (exact) mass is 384 g/mol. The van der Waals surface area contributed by atoms with Crippen LogP contribution in [0, 0.1) is 6.92 Å². The van der Waals surface area contributed by atoms with E-state index in [4.69, 9.17) is 15.6 Å². The minimum absolute atomic E-state index is 0.0189. The third kappa shape index (κ3) is 4.06. The highest BCUT2D eigenvalue weighted by Crippen LogP contribution is 2.34. The number of benzene rings is 2. The molecule has 0 saturated carbocycles. The molecule has 27 heavy (non-hydrogen) atoms. The second-order valence-electron chi connectivity index (χ2n) is 5.75. The molecule has 0 aliphatic heterocycles. The minimum Gasteiger partial charge on any atom is -0.507 e. The Balaban J connectivity index is 1.93. The average Bonchev–Trinajstić information content (AvgIpc) is 3.00. The number of carbonyl (C=O) groups is 2. The molecule has 0 fully saturated rings. The van der Waals surface area contributed by atoms with E-state index >= 15 is 0 Å². The molecular weight excluding hydrogens is 368 g/mol. The van der Waals surface area contributed by atoms with Crippen LogP contribution >= 0.6 is 11.3 Å². The van der Waals surface area contributed by atoms with Gasteiger partial charge in [-0.1, -0.05) is 24.3 Å². The maximum atomic E-state index is 11.0. The number of nitrogens with two attached hydrogens (primary N) is 1. The molecule has 4 N–H and O–H groups in total. The van der Waals surface area contributed by atoms with Gasteiger partial charge in [-0.15, -0.1) is 11.3 Å². The summed E-state index contributed by atoms with van der Waals surface area (Å²) < 4.78 is 4.78. The molecule has 8 heteroatoms. The van der Waals surface area contributed by atoms with Gasteiger partial charge in [0.1, 0.15) is 22.9 Å². The average molecular weight is 384 g/mol. The molecule has 1 aromatic heterocycles. The summed E-state index contributed by atoms with van der Waals surface area (Å²) in [6.45, 7) is 1.88. The Kier molecular flexibility index (Phi) is 5.09. The molecule has 138 valence electrons. The molecule has 0 unspecified atom stereocenters. The van der Waals surface area contributed by atoms with Crippen LogP contribution in [-0.4, -0.2) is 27.3 Å². The zero-order valence-electron chi connectivity index (χ0n) is 14.3. The van der Waals surface area contributed by atoms with Gasteiger partial charge >= 0.3 is 12.1 Å². The minimum atomic E-state index is -1.18. The lowest BCUT2D eigenvalue weighted by molar-refractivity contribution is 0.0693. The van der Waals surface area contributed by atoms with E-state index < -0.39 is 12.1 Å². The summed E-state index contributed by atoms with van der Waals surface area (Å²) in [6.07, 6.45) is -0.851. The first-order valence-electron chi connectivity index (χ1n) is 7.91. The van der Waals surface area contributed by atoms with E-state index in [1.165, 1.54) is 23.5 Å². The first kappa shape index (κ1) is 18.4. The van der Waals surface area contributed by atoms with Gasteiger partial charge in [-0.05, 0) is 41.8 Å². The maximum absolute atomic E-state index is 11.0. The van der Waals surface area contributed by atoms with E-state index in [0.717, 1.165) is 21.7 Å². The van der Waals surface area contributed by atoms with Crippen molar-refractivity contribution in [1.82, 2.24) is 4.98 Å². The van der Waals surface area contributed by atoms with Gasteiger partial charge in [0.2, 0.25) is 0 Å². The van der Waals surface area contributed by atoms with E-state index in [9.17, 15) is 14.7 Å². The number of carboxylic acid groups (broad SMARTS) is 1. The van der Waals surface area contributed by atoms with Crippen molar-refractivity contribution < 1.29 is 24.5 Å². The molecule has 0 aliphatic carbocycles. The molecule has 3 rings (SSSR count). The molecule has 1 amide bonds. The normalized spacial score (nSPS) is 10.6. The Morgan fingerprint density at radius 1 is 1.15 bits per heavy atom. The van der Waals surface area contributed by atoms with Crippen LogP contribution in [0.25, 0.3) is 21.6 Å². The highest BCUT2D eigenvalue weighted by Gasteiger charge is 2.13. The topological polar surface area (TPSA) is 123 Å². The lowest BCUT2D eigenvalue weighted by atomic mass is 10.0. The predicted molar refractivity (Wildman–Crippen MR) is 101 cm³/mol. The molecule has 0 spiro atoms. The number of carbonyl (C=O) groups excluding carboxylic acids is 1. The maximum Gasteiger partial charge on any atom is 0.404 e. The summed E-state index contributed by atoms with van der Waals surface area (Å²) in [5.74, 6) is -1.47. The van der Waals surface area contributed by atoms with Crippen molar-refractivity contribution in [3.8, 4) is 27.3 Å². The highest BCUT2D eigenvalue weighted by molar-refractivity contribution is 7.15. The molecule has 7 nitrogen and oxygen atoms in total. The van der Waals surface area contributed by atoms with Crippen LogP contribution in [0.15, 0.2) is 42.5 Å². The van der Waals surface area contributed by atoms with E-state index in [2.05, 4.69) is 4.98 Å². The first-order chi connectivity index (χ1) is 12.8. The molecule has 1 heterocycles. The van der Waals surface area contributed by atoms with Gasteiger partial charge in [-0.2, -0.15) is 0 Å². The molecule has 0 aliphatic rings. The molecule has 0 saturated heterocycles. The van der Waals surface area contributed by atoms with E-state index in [-0.39, 0.29) is 17.9 Å². The van der Waals surface area contributed by atoms with Gasteiger partial charge in [-0.25, -0.2) is 14.6 Å². The molecular formula is C19H16N2O5S. The van der Waals surface area contributed by atoms with Crippen molar-refractivity contribution in [2.24, 2.45) is 5.73 Å². The molecule has 0 radical (unpaired) electrons. The number of carboxylic acids is 1.